The maximum absolute atomic E-state index is 11.1. The number of carbonyl (C=O) groups is 11. The molecule has 0 aromatic rings. The highest BCUT2D eigenvalue weighted by Gasteiger charge is 2.39. The Morgan fingerprint density at radius 2 is 0.565 bits per heavy atom. The summed E-state index contributed by atoms with van der Waals surface area (Å²) in [4.78, 5) is 121. The van der Waals surface area contributed by atoms with Gasteiger partial charge in [-0.3, -0.25) is 58.1 Å². The number of hydrogen-bond donors (Lipinski definition) is 10. The number of Topliss-reactive ketones (excluding diaryl/α,β-unsaturated/α-hetero) is 3. The number of ketones is 3. The molecule has 674 valence electrons. The molecule has 0 saturated carbocycles. The van der Waals surface area contributed by atoms with Crippen LogP contribution in [-0.2, 0) is 52.7 Å². The molecule has 0 spiro atoms. The van der Waals surface area contributed by atoms with Crippen LogP contribution in [0.3, 0.4) is 0 Å². The van der Waals surface area contributed by atoms with Gasteiger partial charge in [-0.05, 0) is 94.9 Å². The minimum absolute atomic E-state index is 0. The van der Waals surface area contributed by atoms with E-state index >= 15 is 0 Å². The van der Waals surface area contributed by atoms with Crippen LogP contribution >= 0.6 is 0 Å². The Morgan fingerprint density at radius 1 is 0.278 bits per heavy atom. The van der Waals surface area contributed by atoms with Crippen molar-refractivity contribution in [2.45, 2.75) is 395 Å². The summed E-state index contributed by atoms with van der Waals surface area (Å²) in [6, 6.07) is 0. The van der Waals surface area contributed by atoms with Crippen molar-refractivity contribution in [3.63, 3.8) is 0 Å². The second kappa shape index (κ2) is 115. The quantitative estimate of drug-likeness (QED) is 0.0614. The molecule has 8 rings (SSSR count). The van der Waals surface area contributed by atoms with E-state index in [1.165, 1.54) is 0 Å². The Kier molecular flexibility index (Phi) is 177. The monoisotopic (exact) mass is 1630 g/mol. The summed E-state index contributed by atoms with van der Waals surface area (Å²) in [7, 11) is 0. The third kappa shape index (κ3) is 94.3. The van der Waals surface area contributed by atoms with E-state index in [2.05, 4.69) is 53.2 Å². The van der Waals surface area contributed by atoms with Crippen molar-refractivity contribution in [2.24, 2.45) is 32.5 Å². The molecule has 0 aliphatic carbocycles. The molecular weight excluding hydrogens is 1440 g/mol. The second-order valence-electron chi connectivity index (χ2n) is 24.4. The third-order valence-corrected chi connectivity index (χ3v) is 13.7. The predicted molar refractivity (Wildman–Crippen MR) is 515 cm³/mol. The maximum atomic E-state index is 11.1. The second-order valence-corrected chi connectivity index (χ2v) is 24.4. The molecule has 0 unspecified atom stereocenters. The Hall–Kier alpha value is -5.05. The number of nitrogens with one attached hydrogen (secondary N) is 10. The van der Waals surface area contributed by atoms with Crippen molar-refractivity contribution < 1.29 is 52.7 Å². The van der Waals surface area contributed by atoms with Crippen molar-refractivity contribution in [2.75, 3.05) is 58.9 Å². The van der Waals surface area contributed by atoms with Crippen LogP contribution < -0.4 is 53.2 Å². The van der Waals surface area contributed by atoms with Gasteiger partial charge in [-0.15, -0.1) is 0 Å². The molecule has 29 heteroatoms. The summed E-state index contributed by atoms with van der Waals surface area (Å²) in [6.45, 7) is 99.6. The van der Waals surface area contributed by atoms with Gasteiger partial charge in [0.05, 0.1) is 28.6 Å². The van der Waals surface area contributed by atoms with Crippen LogP contribution in [0, 0.1) is 32.5 Å². The van der Waals surface area contributed by atoms with E-state index in [4.69, 9.17) is 0 Å². The lowest BCUT2D eigenvalue weighted by molar-refractivity contribution is -0.144. The van der Waals surface area contributed by atoms with E-state index in [1.54, 1.807) is 41.5 Å². The lowest BCUT2D eigenvalue weighted by Gasteiger charge is -2.31. The van der Waals surface area contributed by atoms with Gasteiger partial charge in [0.1, 0.15) is 22.4 Å². The molecule has 8 heterocycles. The summed E-state index contributed by atoms with van der Waals surface area (Å²) < 4.78 is 0. The van der Waals surface area contributed by atoms with Crippen molar-refractivity contribution in [1.82, 2.24) is 53.2 Å². The number of rotatable bonds is 0. The Labute approximate surface area is 732 Å². The SMILES string of the molecule is CC.CC.CC.CC.CC.CC.CC.CC.CC.CC.CC.CC.CC.CC.CC.CC.CC1(C)C(=O)CCNC1=O.CC1(C)C(=O)CCNC1=O.CC1(C)C=CCNC1=O.CC1(C)CC(=O)CNC1=O.CC1(C)CCCNC1=O.CC1(C)CCCNC1=O.CC1(C)NCCC(=O)N1.CC1(C)NCCNC1=O.[B].[B].[B].[B].[B].[B].[B].[B]. The summed E-state index contributed by atoms with van der Waals surface area (Å²) in [5.41, 5.74) is -3.16. The lowest BCUT2D eigenvalue weighted by Crippen LogP contribution is -2.59. The van der Waals surface area contributed by atoms with Crippen molar-refractivity contribution in [1.29, 1.82) is 0 Å². The first-order valence-electron chi connectivity index (χ1n) is 42.3. The summed E-state index contributed by atoms with van der Waals surface area (Å²) in [5.74, 6) is 0.622. The number of hydrogen-bond acceptors (Lipinski definition) is 13. The standard InChI is InChI=1S/3C7H11NO2.2C7H13NO.C7H11NO.2C6H12N2O.16C2H6.8B/c1-7(2)3-5(9)4-8-6(7)10;2*1-7(2)5(9)3-4-8-6(7)10;3*1-7(2)4-3-5-8-6(7)9;1-6(2)5(9)7-3-4-8-6;1-6(2)7-4-3-5(9)8-6;16*1-2;;;;;;;;/h3*3-4H2,1-2H3,(H,8,10);2*3-5H2,1-2H3,(H,8,9);3-4H,5H2,1-2H3,(H,8,9);8H,3-4H2,1-2H3,(H,7,9);7H,3-4H2,1-2H3,(H,8,9);16*1-2H3;;;;;;;;. The minimum atomic E-state index is -0.793. The van der Waals surface area contributed by atoms with E-state index in [1.807, 2.05) is 303 Å². The third-order valence-electron chi connectivity index (χ3n) is 13.7. The van der Waals surface area contributed by atoms with Crippen molar-refractivity contribution in [3.8, 4) is 0 Å². The van der Waals surface area contributed by atoms with Gasteiger partial charge in [-0.25, -0.2) is 0 Å². The lowest BCUT2D eigenvalue weighted by atomic mass is 9.83. The van der Waals surface area contributed by atoms with Gasteiger partial charge in [-0.1, -0.05) is 275 Å². The molecule has 0 aromatic heterocycles. The number of piperazine rings is 1. The first-order valence-corrected chi connectivity index (χ1v) is 42.3. The molecule has 0 atom stereocenters. The first-order chi connectivity index (χ1) is 50.2. The predicted octanol–water partition coefficient (Wildman–Crippen LogP) is 15.5. The highest BCUT2D eigenvalue weighted by atomic mass is 16.2. The highest BCUT2D eigenvalue weighted by Crippen LogP contribution is 2.27. The van der Waals surface area contributed by atoms with Crippen LogP contribution in [0.4, 0.5) is 0 Å². The van der Waals surface area contributed by atoms with Crippen LogP contribution in [0.1, 0.15) is 384 Å². The number of amides is 8. The molecular formula is C86H190B8N10O11. The van der Waals surface area contributed by atoms with E-state index in [0.29, 0.717) is 45.3 Å². The van der Waals surface area contributed by atoms with Crippen LogP contribution in [-0.4, -0.2) is 202 Å². The zero-order chi connectivity index (χ0) is 89.9. The van der Waals surface area contributed by atoms with Crippen molar-refractivity contribution in [3.05, 3.63) is 12.2 Å². The fourth-order valence-electron chi connectivity index (χ4n) is 7.73. The molecule has 8 aliphatic rings. The van der Waals surface area contributed by atoms with Gasteiger partial charge in [0, 0.05) is 156 Å². The molecule has 24 radical (unpaired) electrons. The van der Waals surface area contributed by atoms with Gasteiger partial charge in [-0.2, -0.15) is 0 Å². The molecule has 21 nitrogen and oxygen atoms in total. The average molecular weight is 1630 g/mol. The Balaban J connectivity index is -0.0000000352. The minimum Gasteiger partial charge on any atom is -0.356 e. The largest absolute Gasteiger partial charge is 0.356 e. The van der Waals surface area contributed by atoms with Gasteiger partial charge >= 0.3 is 0 Å². The molecule has 7 saturated heterocycles. The van der Waals surface area contributed by atoms with Gasteiger partial charge in [0.2, 0.25) is 47.3 Å². The Bertz CT molecular complexity index is 2000. The van der Waals surface area contributed by atoms with E-state index in [-0.39, 0.29) is 166 Å². The average Bonchev–Trinajstić information content (AvgIpc) is 0.831. The number of carbonyl (C=O) groups excluding carboxylic acids is 11. The van der Waals surface area contributed by atoms with Crippen LogP contribution in [0.5, 0.6) is 0 Å². The molecule has 0 bridgehead atoms. The molecule has 0 aromatic carbocycles. The fraction of sp³-hybridized carbons (Fsp3) is 0.849. The first kappa shape index (κ1) is 177. The topological polar surface area (TPSA) is 308 Å². The molecule has 115 heavy (non-hydrogen) atoms. The van der Waals surface area contributed by atoms with Gasteiger partial charge in [0.25, 0.3) is 0 Å². The zero-order valence-corrected chi connectivity index (χ0v) is 84.8. The molecule has 7 fully saturated rings. The van der Waals surface area contributed by atoms with E-state index in [0.717, 1.165) is 58.4 Å². The fourth-order valence-corrected chi connectivity index (χ4v) is 7.73. The van der Waals surface area contributed by atoms with Crippen LogP contribution in [0.15, 0.2) is 12.2 Å². The Morgan fingerprint density at radius 3 is 0.739 bits per heavy atom. The highest BCUT2D eigenvalue weighted by molar-refractivity contribution is 6.07. The summed E-state index contributed by atoms with van der Waals surface area (Å²) >= 11 is 0. The number of piperidine rings is 5. The molecule has 8 aliphatic heterocycles. The van der Waals surface area contributed by atoms with E-state index < -0.39 is 16.2 Å². The zero-order valence-electron chi connectivity index (χ0n) is 84.8. The molecule has 10 N–H and O–H groups in total. The summed E-state index contributed by atoms with van der Waals surface area (Å²) in [5, 5.41) is 28.1. The smallest absolute Gasteiger partial charge is 0.239 e. The summed E-state index contributed by atoms with van der Waals surface area (Å²) in [6.07, 6.45) is 10.1. The normalized spacial score (nSPS) is 16.9. The maximum Gasteiger partial charge on any atom is 0.239 e. The molecule has 8 amide bonds. The van der Waals surface area contributed by atoms with Crippen molar-refractivity contribution >= 4 is 132 Å². The van der Waals surface area contributed by atoms with Gasteiger partial charge < -0.3 is 47.9 Å². The van der Waals surface area contributed by atoms with Crippen LogP contribution in [0.2, 0.25) is 0 Å². The van der Waals surface area contributed by atoms with Gasteiger partial charge in [0.15, 0.2) is 5.78 Å². The van der Waals surface area contributed by atoms with E-state index in [9.17, 15) is 52.7 Å². The van der Waals surface area contributed by atoms with Crippen LogP contribution in [0.25, 0.3) is 0 Å².